The number of benzene rings is 2. The Balaban J connectivity index is 2.12. The van der Waals surface area contributed by atoms with Gasteiger partial charge in [0.15, 0.2) is 0 Å². The van der Waals surface area contributed by atoms with Crippen LogP contribution in [0.25, 0.3) is 0 Å². The van der Waals surface area contributed by atoms with Crippen molar-refractivity contribution in [2.45, 2.75) is 12.5 Å². The molecule has 2 amide bonds. The largest absolute Gasteiger partial charge is 0.508 e. The van der Waals surface area contributed by atoms with Crippen LogP contribution in [0.1, 0.15) is 17.2 Å². The number of rotatable bonds is 5. The fourth-order valence-electron chi connectivity index (χ4n) is 2.20. The van der Waals surface area contributed by atoms with Crippen LogP contribution in [0.4, 0.5) is 0 Å². The highest BCUT2D eigenvalue weighted by molar-refractivity contribution is 5.89. The molecule has 0 saturated carbocycles. The third kappa shape index (κ3) is 4.57. The maximum Gasteiger partial charge on any atom is 0.249 e. The molecule has 0 spiro atoms. The van der Waals surface area contributed by atoms with E-state index in [1.807, 2.05) is 30.3 Å². The van der Waals surface area contributed by atoms with Gasteiger partial charge in [0.1, 0.15) is 11.8 Å². The molecular formula is C18H20N2O3. The molecule has 0 aliphatic rings. The lowest BCUT2D eigenvalue weighted by molar-refractivity contribution is -0.134. The number of aromatic hydroxyl groups is 1. The molecular weight excluding hydrogens is 292 g/mol. The predicted molar refractivity (Wildman–Crippen MR) is 87.8 cm³/mol. The molecule has 0 bridgehead atoms. The van der Waals surface area contributed by atoms with E-state index in [0.29, 0.717) is 0 Å². The Morgan fingerprint density at radius 2 is 1.65 bits per heavy atom. The summed E-state index contributed by atoms with van der Waals surface area (Å²) in [5, 5.41) is 12.1. The Kier molecular flexibility index (Phi) is 5.36. The number of carbonyl (C=O) groups is 2. The Morgan fingerprint density at radius 3 is 2.22 bits per heavy atom. The number of nitrogens with zero attached hydrogens (tertiary/aromatic N) is 1. The summed E-state index contributed by atoms with van der Waals surface area (Å²) >= 11 is 0. The Morgan fingerprint density at radius 1 is 1.04 bits per heavy atom. The molecule has 0 unspecified atom stereocenters. The van der Waals surface area contributed by atoms with Crippen molar-refractivity contribution in [2.24, 2.45) is 0 Å². The van der Waals surface area contributed by atoms with Gasteiger partial charge in [0.25, 0.3) is 0 Å². The van der Waals surface area contributed by atoms with E-state index in [0.717, 1.165) is 11.1 Å². The van der Waals surface area contributed by atoms with Crippen LogP contribution >= 0.6 is 0 Å². The van der Waals surface area contributed by atoms with E-state index >= 15 is 0 Å². The minimum atomic E-state index is -0.712. The average Bonchev–Trinajstić information content (AvgIpc) is 2.55. The van der Waals surface area contributed by atoms with Crippen LogP contribution in [0.3, 0.4) is 0 Å². The summed E-state index contributed by atoms with van der Waals surface area (Å²) in [5.74, 6) is -0.283. The molecule has 0 heterocycles. The monoisotopic (exact) mass is 312 g/mol. The zero-order valence-electron chi connectivity index (χ0n) is 13.2. The molecule has 0 aliphatic carbocycles. The van der Waals surface area contributed by atoms with Crippen molar-refractivity contribution >= 4 is 11.8 Å². The number of nitrogens with one attached hydrogen (secondary N) is 1. The smallest absolute Gasteiger partial charge is 0.249 e. The number of phenolic OH excluding ortho intramolecular Hbond substituents is 1. The third-order valence-corrected chi connectivity index (χ3v) is 3.43. The van der Waals surface area contributed by atoms with Crippen LogP contribution in [-0.4, -0.2) is 35.9 Å². The number of likely N-dealkylation sites (N-methyl/N-ethyl adjacent to an activating group) is 1. The highest BCUT2D eigenvalue weighted by atomic mass is 16.3. The predicted octanol–water partition coefficient (Wildman–Crippen LogP) is 1.88. The third-order valence-electron chi connectivity index (χ3n) is 3.43. The standard InChI is InChI=1S/C18H20N2O3/c1-20(2)18(23)17(14-6-4-3-5-7-14)19-16(22)12-13-8-10-15(21)11-9-13/h3-11,17,21H,12H2,1-2H3,(H,19,22)/t17-/m1/s1. The average molecular weight is 312 g/mol. The fraction of sp³-hybridized carbons (Fsp3) is 0.222. The molecule has 0 saturated heterocycles. The normalized spacial score (nSPS) is 11.6. The van der Waals surface area contributed by atoms with Gasteiger partial charge in [-0.25, -0.2) is 0 Å². The van der Waals surface area contributed by atoms with Crippen LogP contribution in [0.15, 0.2) is 54.6 Å². The molecule has 0 aromatic heterocycles. The van der Waals surface area contributed by atoms with Crippen molar-refractivity contribution in [3.63, 3.8) is 0 Å². The maximum atomic E-state index is 12.4. The van der Waals surface area contributed by atoms with E-state index in [2.05, 4.69) is 5.32 Å². The van der Waals surface area contributed by atoms with E-state index in [9.17, 15) is 14.7 Å². The van der Waals surface area contributed by atoms with Gasteiger partial charge in [0, 0.05) is 14.1 Å². The highest BCUT2D eigenvalue weighted by Crippen LogP contribution is 2.16. The number of hydrogen-bond acceptors (Lipinski definition) is 3. The van der Waals surface area contributed by atoms with E-state index < -0.39 is 6.04 Å². The second kappa shape index (κ2) is 7.45. The van der Waals surface area contributed by atoms with Crippen molar-refractivity contribution in [1.82, 2.24) is 10.2 Å². The SMILES string of the molecule is CN(C)C(=O)[C@H](NC(=O)Cc1ccc(O)cc1)c1ccccc1. The molecule has 23 heavy (non-hydrogen) atoms. The number of carbonyl (C=O) groups excluding carboxylic acids is 2. The molecule has 5 heteroatoms. The summed E-state index contributed by atoms with van der Waals surface area (Å²) in [7, 11) is 3.31. The fourth-order valence-corrected chi connectivity index (χ4v) is 2.20. The summed E-state index contributed by atoms with van der Waals surface area (Å²) < 4.78 is 0. The van der Waals surface area contributed by atoms with E-state index in [-0.39, 0.29) is 24.0 Å². The van der Waals surface area contributed by atoms with Gasteiger partial charge in [-0.05, 0) is 23.3 Å². The lowest BCUT2D eigenvalue weighted by Gasteiger charge is -2.22. The summed E-state index contributed by atoms with van der Waals surface area (Å²) in [6.07, 6.45) is 0.143. The van der Waals surface area contributed by atoms with Crippen molar-refractivity contribution in [3.8, 4) is 5.75 Å². The van der Waals surface area contributed by atoms with Crippen molar-refractivity contribution in [1.29, 1.82) is 0 Å². The van der Waals surface area contributed by atoms with E-state index in [1.54, 1.807) is 26.2 Å². The van der Waals surface area contributed by atoms with Crippen LogP contribution in [0.5, 0.6) is 5.75 Å². The van der Waals surface area contributed by atoms with Gasteiger partial charge in [-0.2, -0.15) is 0 Å². The molecule has 2 N–H and O–H groups in total. The quantitative estimate of drug-likeness (QED) is 0.885. The first-order valence-electron chi connectivity index (χ1n) is 7.31. The second-order valence-corrected chi connectivity index (χ2v) is 5.49. The summed E-state index contributed by atoms with van der Waals surface area (Å²) in [6.45, 7) is 0. The number of amides is 2. The van der Waals surface area contributed by atoms with Gasteiger partial charge >= 0.3 is 0 Å². The van der Waals surface area contributed by atoms with Gasteiger partial charge < -0.3 is 15.3 Å². The first-order chi connectivity index (χ1) is 11.0. The van der Waals surface area contributed by atoms with Gasteiger partial charge in [-0.15, -0.1) is 0 Å². The van der Waals surface area contributed by atoms with Crippen LogP contribution < -0.4 is 5.32 Å². The Hall–Kier alpha value is -2.82. The Labute approximate surface area is 135 Å². The molecule has 0 aliphatic heterocycles. The van der Waals surface area contributed by atoms with E-state index in [4.69, 9.17) is 0 Å². The Bertz CT molecular complexity index is 666. The van der Waals surface area contributed by atoms with Crippen molar-refractivity contribution in [2.75, 3.05) is 14.1 Å². The second-order valence-electron chi connectivity index (χ2n) is 5.49. The highest BCUT2D eigenvalue weighted by Gasteiger charge is 2.24. The van der Waals surface area contributed by atoms with Gasteiger partial charge in [-0.3, -0.25) is 9.59 Å². The minimum Gasteiger partial charge on any atom is -0.508 e. The maximum absolute atomic E-state index is 12.4. The van der Waals surface area contributed by atoms with Crippen LogP contribution in [-0.2, 0) is 16.0 Å². The van der Waals surface area contributed by atoms with Gasteiger partial charge in [-0.1, -0.05) is 42.5 Å². The lowest BCUT2D eigenvalue weighted by atomic mass is 10.0. The number of phenols is 1. The number of hydrogen-bond donors (Lipinski definition) is 2. The van der Waals surface area contributed by atoms with Gasteiger partial charge in [0.2, 0.25) is 11.8 Å². The van der Waals surface area contributed by atoms with Crippen LogP contribution in [0, 0.1) is 0 Å². The topological polar surface area (TPSA) is 69.6 Å². The van der Waals surface area contributed by atoms with Crippen LogP contribution in [0.2, 0.25) is 0 Å². The molecule has 2 aromatic rings. The zero-order valence-corrected chi connectivity index (χ0v) is 13.2. The first kappa shape index (κ1) is 16.5. The summed E-state index contributed by atoms with van der Waals surface area (Å²) in [5.41, 5.74) is 1.51. The molecule has 2 aromatic carbocycles. The molecule has 1 atom stereocenters. The summed E-state index contributed by atoms with van der Waals surface area (Å²) in [4.78, 5) is 26.1. The molecule has 120 valence electrons. The molecule has 0 fully saturated rings. The molecule has 5 nitrogen and oxygen atoms in total. The van der Waals surface area contributed by atoms with Crippen molar-refractivity contribution < 1.29 is 14.7 Å². The molecule has 0 radical (unpaired) electrons. The minimum absolute atomic E-state index is 0.143. The first-order valence-corrected chi connectivity index (χ1v) is 7.31. The molecule has 2 rings (SSSR count). The summed E-state index contributed by atoms with van der Waals surface area (Å²) in [6, 6.07) is 14.9. The van der Waals surface area contributed by atoms with Crippen molar-refractivity contribution in [3.05, 3.63) is 65.7 Å². The lowest BCUT2D eigenvalue weighted by Crippen LogP contribution is -2.40. The van der Waals surface area contributed by atoms with Gasteiger partial charge in [0.05, 0.1) is 6.42 Å². The zero-order chi connectivity index (χ0) is 16.8. The van der Waals surface area contributed by atoms with E-state index in [1.165, 1.54) is 17.0 Å².